The number of piperidine rings is 1. The molecule has 3 aliphatic rings. The predicted octanol–water partition coefficient (Wildman–Crippen LogP) is 1.22. The van der Waals surface area contributed by atoms with Gasteiger partial charge in [-0.05, 0) is 31.4 Å². The van der Waals surface area contributed by atoms with E-state index >= 15 is 0 Å². The van der Waals surface area contributed by atoms with Gasteiger partial charge in [0.05, 0.1) is 0 Å². The minimum Gasteiger partial charge on any atom is -0.355 e. The SMILES string of the molecule is O=C1CCCN1C1CCN(C2=NS(=O)(=O)c3ccccc32)CC1. The van der Waals surface area contributed by atoms with E-state index in [9.17, 15) is 13.2 Å². The average molecular weight is 333 g/mol. The number of rotatable bonds is 1. The Morgan fingerprint density at radius 2 is 1.83 bits per heavy atom. The number of nitrogens with zero attached hydrogens (tertiary/aromatic N) is 3. The number of hydrogen-bond acceptors (Lipinski definition) is 4. The van der Waals surface area contributed by atoms with Gasteiger partial charge in [0.2, 0.25) is 5.91 Å². The van der Waals surface area contributed by atoms with Gasteiger partial charge in [-0.25, -0.2) is 0 Å². The molecule has 0 atom stereocenters. The van der Waals surface area contributed by atoms with Gasteiger partial charge in [0.25, 0.3) is 10.0 Å². The molecule has 1 amide bonds. The van der Waals surface area contributed by atoms with Crippen LogP contribution in [0.3, 0.4) is 0 Å². The second-order valence-electron chi connectivity index (χ2n) is 6.30. The Labute approximate surface area is 135 Å². The van der Waals surface area contributed by atoms with Crippen molar-refractivity contribution in [2.75, 3.05) is 19.6 Å². The molecule has 0 aliphatic carbocycles. The molecule has 2 fully saturated rings. The monoisotopic (exact) mass is 333 g/mol. The third-order valence-corrected chi connectivity index (χ3v) is 6.25. The first-order chi connectivity index (χ1) is 11.1. The lowest BCUT2D eigenvalue weighted by Gasteiger charge is -2.37. The molecule has 3 aliphatic heterocycles. The minimum atomic E-state index is -3.56. The lowest BCUT2D eigenvalue weighted by atomic mass is 10.0. The Bertz CT molecular complexity index is 780. The van der Waals surface area contributed by atoms with Gasteiger partial charge < -0.3 is 9.80 Å². The maximum atomic E-state index is 12.2. The molecule has 0 unspecified atom stereocenters. The summed E-state index contributed by atoms with van der Waals surface area (Å²) in [4.78, 5) is 16.2. The van der Waals surface area contributed by atoms with E-state index in [1.807, 2.05) is 21.9 Å². The van der Waals surface area contributed by atoms with Crippen molar-refractivity contribution in [1.82, 2.24) is 9.80 Å². The first-order valence-corrected chi connectivity index (χ1v) is 9.49. The largest absolute Gasteiger partial charge is 0.355 e. The molecule has 1 aromatic rings. The van der Waals surface area contributed by atoms with Crippen molar-refractivity contribution in [3.63, 3.8) is 0 Å². The number of fused-ring (bicyclic) bond motifs is 1. The Morgan fingerprint density at radius 3 is 2.52 bits per heavy atom. The van der Waals surface area contributed by atoms with Crippen LogP contribution in [-0.2, 0) is 14.8 Å². The lowest BCUT2D eigenvalue weighted by Crippen LogP contribution is -2.47. The van der Waals surface area contributed by atoms with E-state index in [0.29, 0.717) is 22.7 Å². The van der Waals surface area contributed by atoms with Crippen LogP contribution in [0.25, 0.3) is 0 Å². The van der Waals surface area contributed by atoms with Gasteiger partial charge >= 0.3 is 0 Å². The zero-order valence-corrected chi connectivity index (χ0v) is 13.6. The summed E-state index contributed by atoms with van der Waals surface area (Å²) < 4.78 is 28.3. The van der Waals surface area contributed by atoms with E-state index in [1.165, 1.54) is 0 Å². The molecule has 2 saturated heterocycles. The smallest absolute Gasteiger partial charge is 0.285 e. The van der Waals surface area contributed by atoms with Crippen LogP contribution in [0, 0.1) is 0 Å². The number of hydrogen-bond donors (Lipinski definition) is 0. The summed E-state index contributed by atoms with van der Waals surface area (Å²) in [6.45, 7) is 2.33. The van der Waals surface area contributed by atoms with Gasteiger partial charge in [-0.2, -0.15) is 8.42 Å². The molecule has 0 N–H and O–H groups in total. The Morgan fingerprint density at radius 1 is 1.09 bits per heavy atom. The number of carbonyl (C=O) groups excluding carboxylic acids is 1. The van der Waals surface area contributed by atoms with Crippen molar-refractivity contribution in [1.29, 1.82) is 0 Å². The van der Waals surface area contributed by atoms with E-state index in [-0.39, 0.29) is 11.9 Å². The van der Waals surface area contributed by atoms with Crippen molar-refractivity contribution >= 4 is 21.8 Å². The zero-order chi connectivity index (χ0) is 16.0. The van der Waals surface area contributed by atoms with Crippen molar-refractivity contribution in [2.45, 2.75) is 36.6 Å². The van der Waals surface area contributed by atoms with E-state index < -0.39 is 10.0 Å². The minimum absolute atomic E-state index is 0.259. The number of amides is 1. The van der Waals surface area contributed by atoms with Crippen molar-refractivity contribution < 1.29 is 13.2 Å². The number of amidine groups is 1. The van der Waals surface area contributed by atoms with E-state index in [0.717, 1.165) is 38.9 Å². The predicted molar refractivity (Wildman–Crippen MR) is 85.7 cm³/mol. The Balaban J connectivity index is 1.52. The highest BCUT2D eigenvalue weighted by Gasteiger charge is 2.35. The molecule has 122 valence electrons. The Kier molecular flexibility index (Phi) is 3.41. The third-order valence-electron chi connectivity index (χ3n) is 4.93. The third kappa shape index (κ3) is 2.43. The summed E-state index contributed by atoms with van der Waals surface area (Å²) in [6, 6.07) is 7.27. The van der Waals surface area contributed by atoms with Gasteiger partial charge in [-0.1, -0.05) is 12.1 Å². The number of likely N-dealkylation sites (tertiary alicyclic amines) is 2. The molecule has 0 aromatic heterocycles. The molecule has 1 aromatic carbocycles. The second kappa shape index (κ2) is 5.33. The summed E-state index contributed by atoms with van der Waals surface area (Å²) in [5, 5.41) is 0. The first-order valence-electron chi connectivity index (χ1n) is 8.05. The Hall–Kier alpha value is -1.89. The van der Waals surface area contributed by atoms with Crippen molar-refractivity contribution in [3.05, 3.63) is 29.8 Å². The first kappa shape index (κ1) is 14.7. The standard InChI is InChI=1S/C16H19N3O3S/c20-15-6-3-9-19(15)12-7-10-18(11-8-12)16-13-4-1-2-5-14(13)23(21,22)17-16/h1-2,4-5,12H,3,6-11H2. The highest BCUT2D eigenvalue weighted by Crippen LogP contribution is 2.30. The average Bonchev–Trinajstić information content (AvgIpc) is 3.10. The van der Waals surface area contributed by atoms with Crippen LogP contribution in [0.2, 0.25) is 0 Å². The molecule has 0 bridgehead atoms. The molecule has 6 nitrogen and oxygen atoms in total. The molecule has 7 heteroatoms. The maximum Gasteiger partial charge on any atom is 0.285 e. The lowest BCUT2D eigenvalue weighted by molar-refractivity contribution is -0.130. The van der Waals surface area contributed by atoms with Gasteiger partial charge in [-0.3, -0.25) is 4.79 Å². The number of sulfonamides is 1. The summed E-state index contributed by atoms with van der Waals surface area (Å²) in [6.07, 6.45) is 3.36. The summed E-state index contributed by atoms with van der Waals surface area (Å²) >= 11 is 0. The van der Waals surface area contributed by atoms with Crippen molar-refractivity contribution in [2.24, 2.45) is 4.40 Å². The van der Waals surface area contributed by atoms with E-state index in [2.05, 4.69) is 4.40 Å². The van der Waals surface area contributed by atoms with Gasteiger partial charge in [0.15, 0.2) is 5.84 Å². The van der Waals surface area contributed by atoms with Crippen LogP contribution >= 0.6 is 0 Å². The van der Waals surface area contributed by atoms with Crippen LogP contribution < -0.4 is 0 Å². The van der Waals surface area contributed by atoms with Crippen LogP contribution in [0.1, 0.15) is 31.2 Å². The fourth-order valence-electron chi connectivity index (χ4n) is 3.76. The van der Waals surface area contributed by atoms with E-state index in [4.69, 9.17) is 0 Å². The van der Waals surface area contributed by atoms with Crippen LogP contribution in [0.4, 0.5) is 0 Å². The highest BCUT2D eigenvalue weighted by molar-refractivity contribution is 7.90. The molecule has 23 heavy (non-hydrogen) atoms. The molecular weight excluding hydrogens is 314 g/mol. The molecule has 3 heterocycles. The zero-order valence-electron chi connectivity index (χ0n) is 12.8. The highest BCUT2D eigenvalue weighted by atomic mass is 32.2. The quantitative estimate of drug-likeness (QED) is 0.775. The van der Waals surface area contributed by atoms with Gasteiger partial charge in [-0.15, -0.1) is 4.40 Å². The maximum absolute atomic E-state index is 12.2. The van der Waals surface area contributed by atoms with Crippen LogP contribution in [0.15, 0.2) is 33.6 Å². The second-order valence-corrected chi connectivity index (χ2v) is 7.87. The normalized spacial score (nSPS) is 24.0. The van der Waals surface area contributed by atoms with E-state index in [1.54, 1.807) is 12.1 Å². The van der Waals surface area contributed by atoms with Crippen molar-refractivity contribution in [3.8, 4) is 0 Å². The topological polar surface area (TPSA) is 70.1 Å². The summed E-state index contributed by atoms with van der Waals surface area (Å²) in [5.41, 5.74) is 0.697. The van der Waals surface area contributed by atoms with Gasteiger partial charge in [0, 0.05) is 37.7 Å². The molecule has 0 spiro atoms. The van der Waals surface area contributed by atoms with Gasteiger partial charge in [0.1, 0.15) is 4.90 Å². The fourth-order valence-corrected chi connectivity index (χ4v) is 4.99. The van der Waals surface area contributed by atoms with Crippen LogP contribution in [0.5, 0.6) is 0 Å². The molecular formula is C16H19N3O3S. The summed E-state index contributed by atoms with van der Waals surface area (Å²) in [5.74, 6) is 0.821. The molecule has 4 rings (SSSR count). The fraction of sp³-hybridized carbons (Fsp3) is 0.500. The van der Waals surface area contributed by atoms with Crippen LogP contribution in [-0.4, -0.2) is 55.6 Å². The number of carbonyl (C=O) groups is 1. The molecule has 0 saturated carbocycles. The summed E-state index contributed by atoms with van der Waals surface area (Å²) in [7, 11) is -3.56. The number of benzene rings is 1. The molecule has 0 radical (unpaired) electrons.